The van der Waals surface area contributed by atoms with Gasteiger partial charge < -0.3 is 20.4 Å². The molecule has 0 amide bonds. The minimum atomic E-state index is -3.47. The molecule has 0 atom stereocenters. The van der Waals surface area contributed by atoms with Crippen LogP contribution in [0.2, 0.25) is 5.02 Å². The Kier molecular flexibility index (Phi) is 7.29. The smallest absolute Gasteiger partial charge is 0.232 e. The first-order chi connectivity index (χ1) is 16.6. The molecule has 1 saturated heterocycles. The number of para-hydroxylation sites is 2. The normalized spacial score (nSPS) is 14.6. The molecule has 4 rings (SSSR count). The van der Waals surface area contributed by atoms with Crippen molar-refractivity contribution in [2.45, 2.75) is 0 Å². The fraction of sp³-hybridized carbons (Fsp3) is 0.304. The molecular formula is C23H27ClFN7O2S. The summed E-state index contributed by atoms with van der Waals surface area (Å²) in [6.45, 7) is 3.31. The first-order valence-electron chi connectivity index (χ1n) is 10.9. The average Bonchev–Trinajstić information content (AvgIpc) is 2.81. The molecule has 35 heavy (non-hydrogen) atoms. The maximum Gasteiger partial charge on any atom is 0.232 e. The van der Waals surface area contributed by atoms with E-state index in [1.807, 2.05) is 4.90 Å². The van der Waals surface area contributed by atoms with Crippen molar-refractivity contribution in [3.8, 4) is 0 Å². The summed E-state index contributed by atoms with van der Waals surface area (Å²) >= 11 is 6.30. The molecule has 0 bridgehead atoms. The largest absolute Gasteiger partial charge is 0.367 e. The number of nitrogens with zero attached hydrogens (tertiary/aromatic N) is 5. The number of sulfonamides is 1. The lowest BCUT2D eigenvalue weighted by Crippen LogP contribution is -2.44. The van der Waals surface area contributed by atoms with Crippen molar-refractivity contribution in [2.24, 2.45) is 0 Å². The molecule has 186 valence electrons. The van der Waals surface area contributed by atoms with Crippen LogP contribution in [0.5, 0.6) is 0 Å². The van der Waals surface area contributed by atoms with Crippen molar-refractivity contribution in [3.63, 3.8) is 0 Å². The van der Waals surface area contributed by atoms with Gasteiger partial charge in [-0.3, -0.25) is 4.31 Å². The fourth-order valence-corrected chi connectivity index (χ4v) is 4.35. The number of rotatable bonds is 7. The van der Waals surface area contributed by atoms with Crippen molar-refractivity contribution in [1.29, 1.82) is 0 Å². The molecule has 0 saturated carbocycles. The van der Waals surface area contributed by atoms with Crippen LogP contribution in [-0.2, 0) is 10.0 Å². The van der Waals surface area contributed by atoms with Gasteiger partial charge in [0.25, 0.3) is 0 Å². The number of aromatic nitrogens is 2. The van der Waals surface area contributed by atoms with Gasteiger partial charge in [-0.15, -0.1) is 0 Å². The van der Waals surface area contributed by atoms with E-state index in [1.54, 1.807) is 36.4 Å². The second-order valence-corrected chi connectivity index (χ2v) is 10.8. The summed E-state index contributed by atoms with van der Waals surface area (Å²) in [5.41, 5.74) is 1.98. The first-order valence-corrected chi connectivity index (χ1v) is 13.2. The molecule has 1 aromatic heterocycles. The predicted octanol–water partition coefficient (Wildman–Crippen LogP) is 3.90. The molecule has 9 nitrogen and oxygen atoms in total. The SMILES string of the molecule is CN1CCN(c2ccc(Nc3ncc(Cl)c(Nc4ccccc4N(C)S(C)(=O)=O)n3)cc2F)CC1. The Labute approximate surface area is 209 Å². The maximum absolute atomic E-state index is 14.9. The Hall–Kier alpha value is -3.15. The third-order valence-corrected chi connectivity index (χ3v) is 7.25. The van der Waals surface area contributed by atoms with Crippen LogP contribution in [-0.4, -0.2) is 69.8 Å². The van der Waals surface area contributed by atoms with Gasteiger partial charge in [-0.05, 0) is 37.4 Å². The van der Waals surface area contributed by atoms with E-state index in [0.717, 1.165) is 36.7 Å². The van der Waals surface area contributed by atoms with Gasteiger partial charge in [0.15, 0.2) is 5.82 Å². The third kappa shape index (κ3) is 5.92. The molecule has 12 heteroatoms. The van der Waals surface area contributed by atoms with E-state index >= 15 is 0 Å². The Balaban J connectivity index is 1.54. The average molecular weight is 520 g/mol. The van der Waals surface area contributed by atoms with Gasteiger partial charge in [-0.2, -0.15) is 4.98 Å². The summed E-state index contributed by atoms with van der Waals surface area (Å²) in [5, 5.41) is 6.32. The molecule has 0 unspecified atom stereocenters. The number of hydrogen-bond donors (Lipinski definition) is 2. The zero-order valence-corrected chi connectivity index (χ0v) is 21.2. The summed E-state index contributed by atoms with van der Waals surface area (Å²) in [4.78, 5) is 12.8. The van der Waals surface area contributed by atoms with Gasteiger partial charge in [0, 0.05) is 38.9 Å². The van der Waals surface area contributed by atoms with Crippen LogP contribution in [0, 0.1) is 5.82 Å². The Bertz CT molecular complexity index is 1320. The zero-order valence-electron chi connectivity index (χ0n) is 19.7. The Morgan fingerprint density at radius 2 is 1.80 bits per heavy atom. The van der Waals surface area contributed by atoms with Crippen LogP contribution in [0.3, 0.4) is 0 Å². The Morgan fingerprint density at radius 1 is 1.09 bits per heavy atom. The number of anilines is 6. The maximum atomic E-state index is 14.9. The molecule has 1 aliphatic heterocycles. The van der Waals surface area contributed by atoms with E-state index in [-0.39, 0.29) is 22.6 Å². The highest BCUT2D eigenvalue weighted by atomic mass is 35.5. The Morgan fingerprint density at radius 3 is 2.49 bits per heavy atom. The van der Waals surface area contributed by atoms with E-state index in [4.69, 9.17) is 11.6 Å². The van der Waals surface area contributed by atoms with Crippen molar-refractivity contribution >= 4 is 56.1 Å². The lowest BCUT2D eigenvalue weighted by Gasteiger charge is -2.34. The van der Waals surface area contributed by atoms with Crippen LogP contribution in [0.1, 0.15) is 0 Å². The summed E-state index contributed by atoms with van der Waals surface area (Å²) < 4.78 is 40.1. The topological polar surface area (TPSA) is 93.7 Å². The molecule has 0 spiro atoms. The van der Waals surface area contributed by atoms with Crippen LogP contribution >= 0.6 is 11.6 Å². The molecule has 0 aliphatic carbocycles. The summed E-state index contributed by atoms with van der Waals surface area (Å²) in [7, 11) is 0.0428. The van der Waals surface area contributed by atoms with Gasteiger partial charge >= 0.3 is 0 Å². The third-order valence-electron chi connectivity index (χ3n) is 5.79. The first kappa shape index (κ1) is 25.0. The van der Waals surface area contributed by atoms with E-state index in [9.17, 15) is 12.8 Å². The van der Waals surface area contributed by atoms with Crippen LogP contribution in [0.25, 0.3) is 0 Å². The molecule has 2 aromatic carbocycles. The van der Waals surface area contributed by atoms with Gasteiger partial charge in [0.05, 0.1) is 29.5 Å². The molecule has 1 fully saturated rings. The minimum Gasteiger partial charge on any atom is -0.367 e. The number of nitrogens with one attached hydrogen (secondary N) is 2. The summed E-state index contributed by atoms with van der Waals surface area (Å²) in [6.07, 6.45) is 2.54. The molecule has 2 heterocycles. The van der Waals surface area contributed by atoms with Crippen LogP contribution in [0.4, 0.5) is 38.9 Å². The van der Waals surface area contributed by atoms with Crippen molar-refractivity contribution < 1.29 is 12.8 Å². The standard InChI is InChI=1S/C23H27ClFN7O2S/c1-30-10-12-32(13-11-30)20-9-8-16(14-18(20)25)27-23-26-15-17(24)22(29-23)28-19-6-4-5-7-21(19)31(2)35(3,33)34/h4-9,14-15H,10-13H2,1-3H3,(H2,26,27,28,29). The van der Waals surface area contributed by atoms with Gasteiger partial charge in [-0.1, -0.05) is 23.7 Å². The summed E-state index contributed by atoms with van der Waals surface area (Å²) in [6, 6.07) is 11.8. The minimum absolute atomic E-state index is 0.206. The van der Waals surface area contributed by atoms with Gasteiger partial charge in [0.1, 0.15) is 10.8 Å². The molecule has 2 N–H and O–H groups in total. The highest BCUT2D eigenvalue weighted by molar-refractivity contribution is 7.92. The molecule has 1 aliphatic rings. The molecular weight excluding hydrogens is 493 g/mol. The van der Waals surface area contributed by atoms with E-state index in [0.29, 0.717) is 22.7 Å². The van der Waals surface area contributed by atoms with Crippen molar-refractivity contribution in [3.05, 3.63) is 59.5 Å². The molecule has 0 radical (unpaired) electrons. The predicted molar refractivity (Wildman–Crippen MR) is 139 cm³/mol. The number of halogens is 2. The monoisotopic (exact) mass is 519 g/mol. The highest BCUT2D eigenvalue weighted by Gasteiger charge is 2.19. The second kappa shape index (κ2) is 10.2. The fourth-order valence-electron chi connectivity index (χ4n) is 3.69. The van der Waals surface area contributed by atoms with Crippen molar-refractivity contribution in [2.75, 3.05) is 66.4 Å². The molecule has 3 aromatic rings. The number of likely N-dealkylation sites (N-methyl/N-ethyl adjacent to an activating group) is 1. The number of hydrogen-bond acceptors (Lipinski definition) is 8. The van der Waals surface area contributed by atoms with E-state index in [2.05, 4.69) is 32.5 Å². The van der Waals surface area contributed by atoms with Crippen LogP contribution in [0.15, 0.2) is 48.7 Å². The van der Waals surface area contributed by atoms with Crippen molar-refractivity contribution in [1.82, 2.24) is 14.9 Å². The number of benzene rings is 2. The lowest BCUT2D eigenvalue weighted by molar-refractivity contribution is 0.311. The van der Waals surface area contributed by atoms with Crippen LogP contribution < -0.4 is 19.8 Å². The highest BCUT2D eigenvalue weighted by Crippen LogP contribution is 2.32. The summed E-state index contributed by atoms with van der Waals surface area (Å²) in [5.74, 6) is 0.148. The zero-order chi connectivity index (χ0) is 25.2. The van der Waals surface area contributed by atoms with E-state index in [1.165, 1.54) is 19.3 Å². The quantitative estimate of drug-likeness (QED) is 0.485. The van der Waals surface area contributed by atoms with Gasteiger partial charge in [-0.25, -0.2) is 17.8 Å². The van der Waals surface area contributed by atoms with E-state index < -0.39 is 10.0 Å². The number of piperazine rings is 1. The second-order valence-electron chi connectivity index (χ2n) is 8.34. The van der Waals surface area contributed by atoms with Gasteiger partial charge in [0.2, 0.25) is 16.0 Å². The lowest BCUT2D eigenvalue weighted by atomic mass is 10.2.